The molecule has 0 bridgehead atoms. The molecule has 3 aromatic rings. The van der Waals surface area contributed by atoms with Gasteiger partial charge in [-0.1, -0.05) is 0 Å². The lowest BCUT2D eigenvalue weighted by molar-refractivity contribution is 0.800. The molecule has 0 saturated carbocycles. The second kappa shape index (κ2) is 2.82. The Labute approximate surface area is 85.8 Å². The number of pyridine rings is 1. The summed E-state index contributed by atoms with van der Waals surface area (Å²) in [6.07, 6.45) is 4.09. The van der Waals surface area contributed by atoms with E-state index >= 15 is 0 Å². The van der Waals surface area contributed by atoms with Gasteiger partial charge in [0.05, 0.1) is 15.7 Å². The van der Waals surface area contributed by atoms with Gasteiger partial charge >= 0.3 is 0 Å². The summed E-state index contributed by atoms with van der Waals surface area (Å²) in [7, 11) is 0. The van der Waals surface area contributed by atoms with Crippen LogP contribution in [0.25, 0.3) is 21.1 Å². The van der Waals surface area contributed by atoms with Crippen LogP contribution in [-0.4, -0.2) is 9.55 Å². The Morgan fingerprint density at radius 3 is 3.21 bits per heavy atom. The predicted molar refractivity (Wildman–Crippen MR) is 60.8 cm³/mol. The van der Waals surface area contributed by atoms with Crippen molar-refractivity contribution in [1.29, 1.82) is 0 Å². The van der Waals surface area contributed by atoms with E-state index in [1.165, 1.54) is 15.6 Å². The largest absolute Gasteiger partial charge is 0.347 e. The molecule has 3 rings (SSSR count). The molecule has 14 heavy (non-hydrogen) atoms. The minimum Gasteiger partial charge on any atom is -0.347 e. The van der Waals surface area contributed by atoms with Gasteiger partial charge in [-0.15, -0.1) is 11.3 Å². The van der Waals surface area contributed by atoms with Crippen LogP contribution in [0.15, 0.2) is 29.9 Å². The molecule has 3 heterocycles. The molecule has 0 aliphatic carbocycles. The molecule has 0 fully saturated rings. The van der Waals surface area contributed by atoms with Crippen LogP contribution in [0.4, 0.5) is 0 Å². The van der Waals surface area contributed by atoms with Crippen molar-refractivity contribution in [3.05, 3.63) is 29.9 Å². The molecule has 0 saturated heterocycles. The Morgan fingerprint density at radius 1 is 1.43 bits per heavy atom. The molecule has 2 nitrogen and oxygen atoms in total. The summed E-state index contributed by atoms with van der Waals surface area (Å²) in [5, 5.41) is 3.34. The summed E-state index contributed by atoms with van der Waals surface area (Å²) in [4.78, 5) is 4.41. The minimum absolute atomic E-state index is 1.01. The molecule has 0 aliphatic rings. The molecular formula is C11H10N2S. The van der Waals surface area contributed by atoms with E-state index in [4.69, 9.17) is 0 Å². The van der Waals surface area contributed by atoms with Crippen molar-refractivity contribution in [2.45, 2.75) is 13.5 Å². The highest BCUT2D eigenvalue weighted by Crippen LogP contribution is 2.28. The highest BCUT2D eigenvalue weighted by atomic mass is 32.1. The Bertz CT molecular complexity index is 591. The zero-order chi connectivity index (χ0) is 9.54. The molecule has 3 aromatic heterocycles. The number of aromatic nitrogens is 2. The summed E-state index contributed by atoms with van der Waals surface area (Å²) < 4.78 is 3.57. The van der Waals surface area contributed by atoms with Crippen molar-refractivity contribution in [3.8, 4) is 0 Å². The minimum atomic E-state index is 1.01. The van der Waals surface area contributed by atoms with E-state index in [0.717, 1.165) is 12.1 Å². The van der Waals surface area contributed by atoms with Gasteiger partial charge in [0.15, 0.2) is 0 Å². The molecule has 0 amide bonds. The van der Waals surface area contributed by atoms with Gasteiger partial charge in [-0.3, -0.25) is 4.98 Å². The summed E-state index contributed by atoms with van der Waals surface area (Å²) in [5.41, 5.74) is 2.43. The zero-order valence-corrected chi connectivity index (χ0v) is 8.71. The first-order chi connectivity index (χ1) is 6.90. The quantitative estimate of drug-likeness (QED) is 0.592. The van der Waals surface area contributed by atoms with Crippen LogP contribution in [0.1, 0.15) is 6.92 Å². The van der Waals surface area contributed by atoms with Gasteiger partial charge in [-0.25, -0.2) is 0 Å². The van der Waals surface area contributed by atoms with Crippen LogP contribution >= 0.6 is 11.3 Å². The van der Waals surface area contributed by atoms with E-state index in [1.807, 2.05) is 6.20 Å². The Morgan fingerprint density at radius 2 is 2.36 bits per heavy atom. The van der Waals surface area contributed by atoms with E-state index in [-0.39, 0.29) is 0 Å². The van der Waals surface area contributed by atoms with Crippen LogP contribution in [0, 0.1) is 0 Å². The molecule has 0 radical (unpaired) electrons. The van der Waals surface area contributed by atoms with E-state index in [2.05, 4.69) is 40.2 Å². The van der Waals surface area contributed by atoms with Crippen LogP contribution in [-0.2, 0) is 6.54 Å². The fourth-order valence-corrected chi connectivity index (χ4v) is 2.76. The number of hydrogen-bond acceptors (Lipinski definition) is 2. The Hall–Kier alpha value is -1.35. The third-order valence-corrected chi connectivity index (χ3v) is 3.45. The van der Waals surface area contributed by atoms with Crippen molar-refractivity contribution in [2.24, 2.45) is 0 Å². The van der Waals surface area contributed by atoms with Gasteiger partial charge in [-0.2, -0.15) is 0 Å². The van der Waals surface area contributed by atoms with Crippen molar-refractivity contribution >= 4 is 32.5 Å². The zero-order valence-electron chi connectivity index (χ0n) is 7.90. The second-order valence-corrected chi connectivity index (χ2v) is 4.21. The average molecular weight is 202 g/mol. The first kappa shape index (κ1) is 8.00. The number of thiophene rings is 1. The smallest absolute Gasteiger partial charge is 0.0831 e. The highest BCUT2D eigenvalue weighted by Gasteiger charge is 2.06. The molecule has 0 unspecified atom stereocenters. The number of aryl methyl sites for hydroxylation is 1. The monoisotopic (exact) mass is 202 g/mol. The first-order valence-corrected chi connectivity index (χ1v) is 5.59. The normalized spacial score (nSPS) is 11.5. The van der Waals surface area contributed by atoms with Crippen LogP contribution in [0.2, 0.25) is 0 Å². The Balaban J connectivity index is 2.58. The third kappa shape index (κ3) is 0.930. The summed E-state index contributed by atoms with van der Waals surface area (Å²) in [5.74, 6) is 0. The maximum absolute atomic E-state index is 4.41. The SMILES string of the molecule is CCn1ccc2cnc3ccsc3c21. The lowest BCUT2D eigenvalue weighted by atomic mass is 10.3. The molecule has 3 heteroatoms. The maximum Gasteiger partial charge on any atom is 0.0831 e. The number of hydrogen-bond donors (Lipinski definition) is 0. The van der Waals surface area contributed by atoms with Crippen LogP contribution < -0.4 is 0 Å². The van der Waals surface area contributed by atoms with Crippen LogP contribution in [0.3, 0.4) is 0 Å². The standard InChI is InChI=1S/C11H10N2S/c1-2-13-5-3-8-7-12-9-4-6-14-11(9)10(8)13/h3-7H,2H2,1H3. The first-order valence-electron chi connectivity index (χ1n) is 4.71. The fraction of sp³-hybridized carbons (Fsp3) is 0.182. The van der Waals surface area contributed by atoms with E-state index < -0.39 is 0 Å². The predicted octanol–water partition coefficient (Wildman–Crippen LogP) is 3.27. The van der Waals surface area contributed by atoms with Crippen molar-refractivity contribution in [2.75, 3.05) is 0 Å². The van der Waals surface area contributed by atoms with Gasteiger partial charge in [0, 0.05) is 24.3 Å². The van der Waals surface area contributed by atoms with E-state index in [9.17, 15) is 0 Å². The van der Waals surface area contributed by atoms with Gasteiger partial charge in [-0.05, 0) is 24.4 Å². The van der Waals surface area contributed by atoms with Crippen molar-refractivity contribution in [3.63, 3.8) is 0 Å². The summed E-state index contributed by atoms with van der Waals surface area (Å²) in [6, 6.07) is 4.21. The molecule has 0 N–H and O–H groups in total. The Kier molecular flexibility index (Phi) is 1.61. The fourth-order valence-electron chi connectivity index (χ4n) is 1.84. The summed E-state index contributed by atoms with van der Waals surface area (Å²) >= 11 is 1.77. The topological polar surface area (TPSA) is 17.8 Å². The van der Waals surface area contributed by atoms with Crippen molar-refractivity contribution in [1.82, 2.24) is 9.55 Å². The molecule has 0 aromatic carbocycles. The molecular weight excluding hydrogens is 192 g/mol. The van der Waals surface area contributed by atoms with Crippen LogP contribution in [0.5, 0.6) is 0 Å². The second-order valence-electron chi connectivity index (χ2n) is 3.30. The summed E-state index contributed by atoms with van der Waals surface area (Å²) in [6.45, 7) is 3.18. The van der Waals surface area contributed by atoms with Gasteiger partial charge in [0.1, 0.15) is 0 Å². The third-order valence-electron chi connectivity index (χ3n) is 2.54. The molecule has 0 atom stereocenters. The molecule has 0 aliphatic heterocycles. The van der Waals surface area contributed by atoms with Crippen molar-refractivity contribution < 1.29 is 0 Å². The van der Waals surface area contributed by atoms with E-state index in [0.29, 0.717) is 0 Å². The lowest BCUT2D eigenvalue weighted by Crippen LogP contribution is -1.90. The number of nitrogens with zero attached hydrogens (tertiary/aromatic N) is 2. The lowest BCUT2D eigenvalue weighted by Gasteiger charge is -2.00. The molecule has 0 spiro atoms. The highest BCUT2D eigenvalue weighted by molar-refractivity contribution is 7.18. The maximum atomic E-state index is 4.41. The van der Waals surface area contributed by atoms with Gasteiger partial charge in [0.2, 0.25) is 0 Å². The molecule has 70 valence electrons. The van der Waals surface area contributed by atoms with E-state index in [1.54, 1.807) is 11.3 Å². The van der Waals surface area contributed by atoms with Gasteiger partial charge in [0.25, 0.3) is 0 Å². The van der Waals surface area contributed by atoms with Gasteiger partial charge < -0.3 is 4.57 Å². The number of fused-ring (bicyclic) bond motifs is 3. The average Bonchev–Trinajstić information content (AvgIpc) is 2.82. The number of rotatable bonds is 1.